The molecule has 4 nitrogen and oxygen atoms in total. The molecule has 0 fully saturated rings. The predicted molar refractivity (Wildman–Crippen MR) is 81.9 cm³/mol. The summed E-state index contributed by atoms with van der Waals surface area (Å²) in [4.78, 5) is 8.50. The highest BCUT2D eigenvalue weighted by molar-refractivity contribution is 7.22. The lowest BCUT2D eigenvalue weighted by Gasteiger charge is -2.10. The summed E-state index contributed by atoms with van der Waals surface area (Å²) >= 11 is 1.60. The summed E-state index contributed by atoms with van der Waals surface area (Å²) in [6.07, 6.45) is 3.73. The first-order valence-corrected chi connectivity index (χ1v) is 7.32. The van der Waals surface area contributed by atoms with Crippen molar-refractivity contribution in [3.05, 3.63) is 54.4 Å². The van der Waals surface area contributed by atoms with Gasteiger partial charge in [-0.05, 0) is 18.1 Å². The molecule has 0 bridgehead atoms. The Bertz CT molecular complexity index is 651. The van der Waals surface area contributed by atoms with Gasteiger partial charge in [0.15, 0.2) is 5.13 Å². The molecule has 2 heterocycles. The summed E-state index contributed by atoms with van der Waals surface area (Å²) in [7, 11) is 0. The normalized spacial score (nSPS) is 12.4. The van der Waals surface area contributed by atoms with Crippen molar-refractivity contribution in [2.24, 2.45) is 0 Å². The van der Waals surface area contributed by atoms with Crippen molar-refractivity contribution in [3.8, 4) is 0 Å². The Morgan fingerprint density at radius 2 is 2.05 bits per heavy atom. The number of benzene rings is 1. The summed E-state index contributed by atoms with van der Waals surface area (Å²) in [5.74, 6) is 0. The fourth-order valence-electron chi connectivity index (χ4n) is 2.01. The molecular weight excluding hydrogens is 270 g/mol. The number of rotatable bonds is 5. The molecule has 0 saturated carbocycles. The second-order valence-corrected chi connectivity index (χ2v) is 5.53. The van der Waals surface area contributed by atoms with E-state index in [0.29, 0.717) is 13.0 Å². The number of aromatic nitrogens is 2. The van der Waals surface area contributed by atoms with Gasteiger partial charge in [-0.3, -0.25) is 4.98 Å². The molecular formula is C15H15N3OS. The van der Waals surface area contributed by atoms with Crippen LogP contribution in [0.2, 0.25) is 0 Å². The number of nitrogens with zero attached hydrogens (tertiary/aromatic N) is 2. The predicted octanol–water partition coefficient (Wildman–Crippen LogP) is 3.23. The number of pyridine rings is 1. The summed E-state index contributed by atoms with van der Waals surface area (Å²) in [5, 5.41) is 14.2. The Hall–Kier alpha value is -1.98. The van der Waals surface area contributed by atoms with Gasteiger partial charge in [0.25, 0.3) is 0 Å². The molecule has 0 saturated heterocycles. The van der Waals surface area contributed by atoms with Crippen molar-refractivity contribution in [2.75, 3.05) is 11.9 Å². The van der Waals surface area contributed by atoms with Crippen LogP contribution in [0.1, 0.15) is 18.1 Å². The lowest BCUT2D eigenvalue weighted by atomic mass is 10.1. The fraction of sp³-hybridized carbons (Fsp3) is 0.200. The molecule has 5 heteroatoms. The first-order valence-electron chi connectivity index (χ1n) is 6.50. The van der Waals surface area contributed by atoms with E-state index in [1.165, 1.54) is 0 Å². The maximum atomic E-state index is 10.1. The minimum Gasteiger partial charge on any atom is -0.388 e. The molecule has 2 aromatic heterocycles. The molecule has 0 spiro atoms. The fourth-order valence-corrected chi connectivity index (χ4v) is 2.87. The molecule has 1 unspecified atom stereocenters. The first kappa shape index (κ1) is 13.0. The zero-order chi connectivity index (χ0) is 13.8. The molecule has 0 amide bonds. The van der Waals surface area contributed by atoms with E-state index in [0.717, 1.165) is 20.9 Å². The minimum absolute atomic E-state index is 0.445. The van der Waals surface area contributed by atoms with E-state index < -0.39 is 6.10 Å². The van der Waals surface area contributed by atoms with Crippen LogP contribution in [0.3, 0.4) is 0 Å². The maximum Gasteiger partial charge on any atom is 0.183 e. The Kier molecular flexibility index (Phi) is 3.90. The van der Waals surface area contributed by atoms with E-state index in [9.17, 15) is 5.11 Å². The standard InChI is InChI=1S/C15H15N3OS/c19-13(11-4-2-1-3-5-11)6-9-17-15-18-12-10-16-8-7-14(12)20-15/h1-5,7-8,10,13,19H,6,9H2,(H,17,18). The summed E-state index contributed by atoms with van der Waals surface area (Å²) in [6.45, 7) is 0.684. The van der Waals surface area contributed by atoms with Gasteiger partial charge in [-0.15, -0.1) is 0 Å². The molecule has 0 aliphatic rings. The van der Waals surface area contributed by atoms with Crippen LogP contribution in [-0.2, 0) is 0 Å². The largest absolute Gasteiger partial charge is 0.388 e. The highest BCUT2D eigenvalue weighted by atomic mass is 32.1. The lowest BCUT2D eigenvalue weighted by molar-refractivity contribution is 0.171. The zero-order valence-electron chi connectivity index (χ0n) is 10.9. The maximum absolute atomic E-state index is 10.1. The van der Waals surface area contributed by atoms with Gasteiger partial charge in [0.2, 0.25) is 0 Å². The van der Waals surface area contributed by atoms with Crippen molar-refractivity contribution in [1.82, 2.24) is 9.97 Å². The number of anilines is 1. The summed E-state index contributed by atoms with van der Waals surface area (Å²) < 4.78 is 1.12. The number of aliphatic hydroxyl groups excluding tert-OH is 1. The number of hydrogen-bond donors (Lipinski definition) is 2. The van der Waals surface area contributed by atoms with Gasteiger partial charge in [-0.25, -0.2) is 4.98 Å². The van der Waals surface area contributed by atoms with Gasteiger partial charge < -0.3 is 10.4 Å². The molecule has 0 aliphatic carbocycles. The smallest absolute Gasteiger partial charge is 0.183 e. The zero-order valence-corrected chi connectivity index (χ0v) is 11.7. The molecule has 0 aliphatic heterocycles. The van der Waals surface area contributed by atoms with Crippen LogP contribution in [0.25, 0.3) is 10.2 Å². The van der Waals surface area contributed by atoms with E-state index in [1.807, 2.05) is 36.4 Å². The molecule has 2 N–H and O–H groups in total. The molecule has 0 radical (unpaired) electrons. The van der Waals surface area contributed by atoms with Crippen molar-refractivity contribution >= 4 is 26.7 Å². The van der Waals surface area contributed by atoms with E-state index >= 15 is 0 Å². The van der Waals surface area contributed by atoms with Crippen LogP contribution in [0.15, 0.2) is 48.8 Å². The van der Waals surface area contributed by atoms with Crippen LogP contribution in [-0.4, -0.2) is 21.6 Å². The average Bonchev–Trinajstić information content (AvgIpc) is 2.90. The van der Waals surface area contributed by atoms with Crippen LogP contribution < -0.4 is 5.32 Å². The Morgan fingerprint density at radius 1 is 1.20 bits per heavy atom. The summed E-state index contributed by atoms with van der Waals surface area (Å²) in [5.41, 5.74) is 1.85. The van der Waals surface area contributed by atoms with Crippen LogP contribution >= 0.6 is 11.3 Å². The topological polar surface area (TPSA) is 58.0 Å². The van der Waals surface area contributed by atoms with Gasteiger partial charge in [0, 0.05) is 12.7 Å². The molecule has 3 rings (SSSR count). The van der Waals surface area contributed by atoms with E-state index in [2.05, 4.69) is 15.3 Å². The van der Waals surface area contributed by atoms with Crippen molar-refractivity contribution in [3.63, 3.8) is 0 Å². The van der Waals surface area contributed by atoms with E-state index in [-0.39, 0.29) is 0 Å². The third kappa shape index (κ3) is 2.95. The quantitative estimate of drug-likeness (QED) is 0.755. The van der Waals surface area contributed by atoms with Gasteiger partial charge in [0.05, 0.1) is 17.0 Å². The van der Waals surface area contributed by atoms with Gasteiger partial charge in [0.1, 0.15) is 5.52 Å². The first-order chi connectivity index (χ1) is 9.83. The average molecular weight is 285 g/mol. The highest BCUT2D eigenvalue weighted by Crippen LogP contribution is 2.25. The van der Waals surface area contributed by atoms with E-state index in [1.54, 1.807) is 23.7 Å². The number of aliphatic hydroxyl groups is 1. The van der Waals surface area contributed by atoms with Crippen molar-refractivity contribution in [2.45, 2.75) is 12.5 Å². The van der Waals surface area contributed by atoms with Crippen LogP contribution in [0.4, 0.5) is 5.13 Å². The molecule has 20 heavy (non-hydrogen) atoms. The molecule has 1 aromatic carbocycles. The third-order valence-electron chi connectivity index (χ3n) is 3.07. The highest BCUT2D eigenvalue weighted by Gasteiger charge is 2.07. The van der Waals surface area contributed by atoms with Crippen LogP contribution in [0, 0.1) is 0 Å². The molecule has 3 aromatic rings. The van der Waals surface area contributed by atoms with Gasteiger partial charge >= 0.3 is 0 Å². The number of fused-ring (bicyclic) bond motifs is 1. The third-order valence-corrected chi connectivity index (χ3v) is 4.06. The van der Waals surface area contributed by atoms with E-state index in [4.69, 9.17) is 0 Å². The Morgan fingerprint density at radius 3 is 2.85 bits per heavy atom. The van der Waals surface area contributed by atoms with Crippen molar-refractivity contribution in [1.29, 1.82) is 0 Å². The summed E-state index contributed by atoms with van der Waals surface area (Å²) in [6, 6.07) is 11.7. The minimum atomic E-state index is -0.445. The lowest BCUT2D eigenvalue weighted by Crippen LogP contribution is -2.07. The number of nitrogens with one attached hydrogen (secondary N) is 1. The molecule has 102 valence electrons. The van der Waals surface area contributed by atoms with Crippen LogP contribution in [0.5, 0.6) is 0 Å². The second kappa shape index (κ2) is 5.98. The monoisotopic (exact) mass is 285 g/mol. The SMILES string of the molecule is OC(CCNc1nc2cnccc2s1)c1ccccc1. The van der Waals surface area contributed by atoms with Gasteiger partial charge in [-0.1, -0.05) is 41.7 Å². The Labute approximate surface area is 121 Å². The van der Waals surface area contributed by atoms with Crippen molar-refractivity contribution < 1.29 is 5.11 Å². The number of hydrogen-bond acceptors (Lipinski definition) is 5. The second-order valence-electron chi connectivity index (χ2n) is 4.50. The Balaban J connectivity index is 1.57. The van der Waals surface area contributed by atoms with Gasteiger partial charge in [-0.2, -0.15) is 0 Å². The molecule has 1 atom stereocenters. The number of thiazole rings is 1.